The Kier molecular flexibility index (Phi) is 8.02. The van der Waals surface area contributed by atoms with Gasteiger partial charge in [-0.1, -0.05) is 44.2 Å². The molecule has 0 saturated heterocycles. The zero-order valence-electron chi connectivity index (χ0n) is 14.0. The van der Waals surface area contributed by atoms with E-state index in [9.17, 15) is 14.4 Å². The predicted octanol–water partition coefficient (Wildman–Crippen LogP) is 2.74. The van der Waals surface area contributed by atoms with Crippen molar-refractivity contribution in [1.29, 1.82) is 0 Å². The van der Waals surface area contributed by atoms with Gasteiger partial charge >= 0.3 is 5.97 Å². The smallest absolute Gasteiger partial charge is 0.328 e. The molecule has 23 heavy (non-hydrogen) atoms. The quantitative estimate of drug-likeness (QED) is 0.561. The Balaban J connectivity index is 2.40. The van der Waals surface area contributed by atoms with Gasteiger partial charge in [0.05, 0.1) is 7.11 Å². The van der Waals surface area contributed by atoms with Crippen molar-refractivity contribution in [2.45, 2.75) is 45.6 Å². The van der Waals surface area contributed by atoms with Crippen LogP contribution in [-0.4, -0.2) is 30.8 Å². The number of methoxy groups -OCH3 is 1. The van der Waals surface area contributed by atoms with Gasteiger partial charge in [0.15, 0.2) is 5.78 Å². The minimum atomic E-state index is -0.627. The van der Waals surface area contributed by atoms with Gasteiger partial charge in [-0.05, 0) is 18.8 Å². The van der Waals surface area contributed by atoms with Crippen LogP contribution in [0.3, 0.4) is 0 Å². The molecule has 0 aliphatic carbocycles. The monoisotopic (exact) mass is 319 g/mol. The molecule has 0 saturated carbocycles. The Morgan fingerprint density at radius 3 is 2.30 bits per heavy atom. The summed E-state index contributed by atoms with van der Waals surface area (Å²) in [7, 11) is 1.31. The highest BCUT2D eigenvalue weighted by atomic mass is 16.5. The van der Waals surface area contributed by atoms with Crippen LogP contribution in [0.25, 0.3) is 0 Å². The number of benzene rings is 1. The van der Waals surface area contributed by atoms with Crippen LogP contribution in [0.15, 0.2) is 30.3 Å². The summed E-state index contributed by atoms with van der Waals surface area (Å²) in [6, 6.07) is 8.37. The number of esters is 1. The van der Waals surface area contributed by atoms with Gasteiger partial charge in [-0.2, -0.15) is 0 Å². The molecule has 0 heterocycles. The fourth-order valence-electron chi connectivity index (χ4n) is 2.27. The van der Waals surface area contributed by atoms with Crippen LogP contribution in [-0.2, 0) is 14.3 Å². The van der Waals surface area contributed by atoms with E-state index in [1.807, 2.05) is 32.0 Å². The lowest BCUT2D eigenvalue weighted by Crippen LogP contribution is -2.42. The molecule has 0 spiro atoms. The van der Waals surface area contributed by atoms with Crippen LogP contribution < -0.4 is 5.32 Å². The molecule has 0 bridgehead atoms. The highest BCUT2D eigenvalue weighted by Gasteiger charge is 2.22. The zero-order valence-corrected chi connectivity index (χ0v) is 14.0. The maximum atomic E-state index is 11.9. The van der Waals surface area contributed by atoms with Crippen molar-refractivity contribution in [1.82, 2.24) is 5.32 Å². The lowest BCUT2D eigenvalue weighted by molar-refractivity contribution is -0.145. The number of ether oxygens (including phenoxy) is 1. The van der Waals surface area contributed by atoms with Gasteiger partial charge in [-0.25, -0.2) is 4.79 Å². The van der Waals surface area contributed by atoms with Gasteiger partial charge in [0.25, 0.3) is 0 Å². The Labute approximate surface area is 137 Å². The molecular formula is C18H25NO4. The molecule has 1 aromatic rings. The number of hydrogen-bond donors (Lipinski definition) is 1. The highest BCUT2D eigenvalue weighted by molar-refractivity contribution is 5.96. The molecule has 0 radical (unpaired) electrons. The van der Waals surface area contributed by atoms with Crippen molar-refractivity contribution in [3.05, 3.63) is 35.9 Å². The van der Waals surface area contributed by atoms with E-state index in [1.165, 1.54) is 7.11 Å². The van der Waals surface area contributed by atoms with E-state index in [0.29, 0.717) is 24.8 Å². The maximum Gasteiger partial charge on any atom is 0.328 e. The first-order valence-corrected chi connectivity index (χ1v) is 7.89. The van der Waals surface area contributed by atoms with Crippen molar-refractivity contribution in [3.8, 4) is 0 Å². The van der Waals surface area contributed by atoms with Gasteiger partial charge in [0, 0.05) is 18.4 Å². The maximum absolute atomic E-state index is 11.9. The third-order valence-corrected chi connectivity index (χ3v) is 3.43. The zero-order chi connectivity index (χ0) is 17.2. The number of ketones is 1. The fourth-order valence-corrected chi connectivity index (χ4v) is 2.27. The Morgan fingerprint density at radius 2 is 1.74 bits per heavy atom. The van der Waals surface area contributed by atoms with Crippen molar-refractivity contribution in [2.75, 3.05) is 7.11 Å². The minimum absolute atomic E-state index is 0.0186. The molecule has 1 amide bonds. The summed E-state index contributed by atoms with van der Waals surface area (Å²) in [4.78, 5) is 35.5. The van der Waals surface area contributed by atoms with Crippen LogP contribution in [0, 0.1) is 5.92 Å². The lowest BCUT2D eigenvalue weighted by Gasteiger charge is -2.18. The van der Waals surface area contributed by atoms with Crippen LogP contribution in [0.5, 0.6) is 0 Å². The molecule has 0 aromatic heterocycles. The van der Waals surface area contributed by atoms with Crippen molar-refractivity contribution >= 4 is 17.7 Å². The standard InChI is InChI=1S/C18H25NO4/c1-13(2)12-15(18(22)23-3)19-17(21)11-7-10-16(20)14-8-5-4-6-9-14/h4-6,8-9,13,15H,7,10-12H2,1-3H3,(H,19,21). The number of amides is 1. The van der Waals surface area contributed by atoms with E-state index < -0.39 is 12.0 Å². The molecule has 5 heteroatoms. The molecule has 1 rings (SSSR count). The third-order valence-electron chi connectivity index (χ3n) is 3.43. The van der Waals surface area contributed by atoms with E-state index >= 15 is 0 Å². The van der Waals surface area contributed by atoms with Gasteiger partial charge in [-0.3, -0.25) is 9.59 Å². The number of nitrogens with one attached hydrogen (secondary N) is 1. The Morgan fingerprint density at radius 1 is 1.09 bits per heavy atom. The van der Waals surface area contributed by atoms with E-state index in [4.69, 9.17) is 4.74 Å². The normalized spacial score (nSPS) is 11.8. The summed E-state index contributed by atoms with van der Waals surface area (Å²) in [6.45, 7) is 3.95. The van der Waals surface area contributed by atoms with E-state index in [0.717, 1.165) is 0 Å². The van der Waals surface area contributed by atoms with Crippen molar-refractivity contribution in [3.63, 3.8) is 0 Å². The molecule has 1 unspecified atom stereocenters. The van der Waals surface area contributed by atoms with Crippen LogP contribution in [0.4, 0.5) is 0 Å². The SMILES string of the molecule is COC(=O)C(CC(C)C)NC(=O)CCCC(=O)c1ccccc1. The van der Waals surface area contributed by atoms with Gasteiger partial charge in [0.2, 0.25) is 5.91 Å². The van der Waals surface area contributed by atoms with Crippen molar-refractivity contribution < 1.29 is 19.1 Å². The molecule has 0 aliphatic rings. The van der Waals surface area contributed by atoms with Gasteiger partial charge < -0.3 is 10.1 Å². The van der Waals surface area contributed by atoms with Gasteiger partial charge in [-0.15, -0.1) is 0 Å². The minimum Gasteiger partial charge on any atom is -0.467 e. The molecule has 0 fully saturated rings. The topological polar surface area (TPSA) is 72.5 Å². The van der Waals surface area contributed by atoms with E-state index in [1.54, 1.807) is 12.1 Å². The largest absolute Gasteiger partial charge is 0.467 e. The lowest BCUT2D eigenvalue weighted by atomic mass is 10.0. The first-order chi connectivity index (χ1) is 10.9. The van der Waals surface area contributed by atoms with Crippen LogP contribution >= 0.6 is 0 Å². The van der Waals surface area contributed by atoms with Crippen LogP contribution in [0.1, 0.15) is 49.9 Å². The number of hydrogen-bond acceptors (Lipinski definition) is 4. The number of carbonyl (C=O) groups is 3. The Bertz CT molecular complexity index is 525. The van der Waals surface area contributed by atoms with Crippen LogP contribution in [0.2, 0.25) is 0 Å². The van der Waals surface area contributed by atoms with Gasteiger partial charge in [0.1, 0.15) is 6.04 Å². The summed E-state index contributed by atoms with van der Waals surface area (Å²) < 4.78 is 4.71. The molecule has 1 atom stereocenters. The average Bonchev–Trinajstić information content (AvgIpc) is 2.53. The second-order valence-electron chi connectivity index (χ2n) is 5.92. The summed E-state index contributed by atoms with van der Waals surface area (Å²) in [5.74, 6) is -0.390. The number of carbonyl (C=O) groups excluding carboxylic acids is 3. The Hall–Kier alpha value is -2.17. The second-order valence-corrected chi connectivity index (χ2v) is 5.92. The molecule has 126 valence electrons. The summed E-state index contributed by atoms with van der Waals surface area (Å²) in [5, 5.41) is 2.69. The summed E-state index contributed by atoms with van der Waals surface area (Å²) >= 11 is 0. The summed E-state index contributed by atoms with van der Waals surface area (Å²) in [6.07, 6.45) is 1.51. The molecule has 1 N–H and O–H groups in total. The molecular weight excluding hydrogens is 294 g/mol. The second kappa shape index (κ2) is 9.77. The third kappa shape index (κ3) is 7.08. The average molecular weight is 319 g/mol. The molecule has 5 nitrogen and oxygen atoms in total. The molecule has 0 aliphatic heterocycles. The fraction of sp³-hybridized carbons (Fsp3) is 0.500. The number of Topliss-reactive ketones (excluding diaryl/α,β-unsaturated/α-hetero) is 1. The summed E-state index contributed by atoms with van der Waals surface area (Å²) in [5.41, 5.74) is 0.653. The molecule has 1 aromatic carbocycles. The van der Waals surface area contributed by atoms with Crippen molar-refractivity contribution in [2.24, 2.45) is 5.92 Å². The highest BCUT2D eigenvalue weighted by Crippen LogP contribution is 2.09. The number of rotatable bonds is 9. The first kappa shape index (κ1) is 18.9. The first-order valence-electron chi connectivity index (χ1n) is 7.89. The predicted molar refractivity (Wildman–Crippen MR) is 88.0 cm³/mol. The van der Waals surface area contributed by atoms with E-state index in [2.05, 4.69) is 5.32 Å². The van der Waals surface area contributed by atoms with E-state index in [-0.39, 0.29) is 24.0 Å².